The fourth-order valence-corrected chi connectivity index (χ4v) is 4.28. The van der Waals surface area contributed by atoms with E-state index in [1.165, 1.54) is 5.56 Å². The predicted molar refractivity (Wildman–Crippen MR) is 103 cm³/mol. The molecule has 2 aliphatic rings. The first-order valence-corrected chi connectivity index (χ1v) is 9.31. The number of hydrogen-bond acceptors (Lipinski definition) is 5. The Labute approximate surface area is 163 Å². The number of quaternary nitrogens is 1. The fraction of sp³-hybridized carbons (Fsp3) is 0.300. The molecular formula is C20H22BN2O5+. The molecular weight excluding hydrogens is 359 g/mol. The molecule has 0 radical (unpaired) electrons. The SMILES string of the molecule is O=C(O)CN(CC[N+]12CC(=O)OB1c1ccccc1C2)Cc1ccccc1O. The number of carbonyl (C=O) groups excluding carboxylic acids is 1. The van der Waals surface area contributed by atoms with E-state index < -0.39 is 5.97 Å². The number of carbonyl (C=O) groups is 2. The van der Waals surface area contributed by atoms with Crippen LogP contribution >= 0.6 is 0 Å². The summed E-state index contributed by atoms with van der Waals surface area (Å²) in [5.74, 6) is -0.994. The van der Waals surface area contributed by atoms with Crippen molar-refractivity contribution in [3.63, 3.8) is 0 Å². The highest BCUT2D eigenvalue weighted by Gasteiger charge is 2.61. The van der Waals surface area contributed by atoms with Crippen LogP contribution in [0.15, 0.2) is 48.5 Å². The van der Waals surface area contributed by atoms with Crippen LogP contribution in [0.2, 0.25) is 0 Å². The maximum Gasteiger partial charge on any atom is 0.681 e. The van der Waals surface area contributed by atoms with E-state index in [0.717, 1.165) is 5.46 Å². The lowest BCUT2D eigenvalue weighted by Gasteiger charge is -2.32. The molecule has 0 amide bonds. The molecule has 2 aromatic rings. The summed E-state index contributed by atoms with van der Waals surface area (Å²) in [7, 11) is -0.319. The Morgan fingerprint density at radius 1 is 1.14 bits per heavy atom. The number of para-hydroxylation sites is 1. The number of hydrogen-bond donors (Lipinski definition) is 2. The lowest BCUT2D eigenvalue weighted by Crippen LogP contribution is -2.57. The zero-order valence-electron chi connectivity index (χ0n) is 15.5. The minimum Gasteiger partial charge on any atom is -0.508 e. The number of phenols is 1. The normalized spacial score (nSPS) is 20.2. The van der Waals surface area contributed by atoms with Crippen LogP contribution in [-0.4, -0.2) is 64.7 Å². The Morgan fingerprint density at radius 2 is 1.89 bits per heavy atom. The molecule has 8 heteroatoms. The molecule has 0 spiro atoms. The molecule has 0 aliphatic carbocycles. The van der Waals surface area contributed by atoms with E-state index in [2.05, 4.69) is 6.07 Å². The van der Waals surface area contributed by atoms with Gasteiger partial charge in [0.2, 0.25) is 0 Å². The van der Waals surface area contributed by atoms with Gasteiger partial charge in [0.1, 0.15) is 5.75 Å². The monoisotopic (exact) mass is 381 g/mol. The summed E-state index contributed by atoms with van der Waals surface area (Å²) in [5.41, 5.74) is 2.89. The number of aliphatic carboxylic acids is 1. The van der Waals surface area contributed by atoms with Crippen LogP contribution in [0.1, 0.15) is 11.1 Å². The molecule has 1 fully saturated rings. The minimum atomic E-state index is -0.926. The van der Waals surface area contributed by atoms with Crippen LogP contribution in [0.3, 0.4) is 0 Å². The van der Waals surface area contributed by atoms with Gasteiger partial charge in [-0.05, 0) is 6.07 Å². The van der Waals surface area contributed by atoms with Crippen molar-refractivity contribution in [1.29, 1.82) is 0 Å². The zero-order valence-corrected chi connectivity index (χ0v) is 15.5. The predicted octanol–water partition coefficient (Wildman–Crippen LogP) is 0.561. The van der Waals surface area contributed by atoms with Crippen molar-refractivity contribution in [3.05, 3.63) is 59.7 Å². The van der Waals surface area contributed by atoms with E-state index in [1.54, 1.807) is 23.1 Å². The van der Waals surface area contributed by atoms with Gasteiger partial charge in [-0.3, -0.25) is 9.69 Å². The third-order valence-corrected chi connectivity index (χ3v) is 5.60. The maximum atomic E-state index is 12.1. The molecule has 1 saturated heterocycles. The summed E-state index contributed by atoms with van der Waals surface area (Å²) in [4.78, 5) is 25.2. The van der Waals surface area contributed by atoms with E-state index in [4.69, 9.17) is 4.65 Å². The molecule has 1 atom stereocenters. The highest BCUT2D eigenvalue weighted by atomic mass is 16.5. The quantitative estimate of drug-likeness (QED) is 0.682. The average molecular weight is 381 g/mol. The van der Waals surface area contributed by atoms with Crippen molar-refractivity contribution in [1.82, 2.24) is 4.90 Å². The average Bonchev–Trinajstić information content (AvgIpc) is 3.12. The molecule has 2 aromatic carbocycles. The van der Waals surface area contributed by atoms with Crippen LogP contribution < -0.4 is 5.46 Å². The van der Waals surface area contributed by atoms with Gasteiger partial charge < -0.3 is 19.3 Å². The Kier molecular flexibility index (Phi) is 4.83. The largest absolute Gasteiger partial charge is 0.681 e. The first-order valence-electron chi connectivity index (χ1n) is 9.31. The minimum absolute atomic E-state index is 0.138. The molecule has 2 heterocycles. The van der Waals surface area contributed by atoms with Gasteiger partial charge in [0.25, 0.3) is 0 Å². The molecule has 7 nitrogen and oxygen atoms in total. The number of aromatic hydroxyl groups is 1. The van der Waals surface area contributed by atoms with Crippen molar-refractivity contribution < 1.29 is 28.9 Å². The molecule has 4 rings (SSSR count). The van der Waals surface area contributed by atoms with Crippen molar-refractivity contribution in [2.24, 2.45) is 0 Å². The second kappa shape index (κ2) is 7.29. The number of fused-ring (bicyclic) bond motifs is 3. The van der Waals surface area contributed by atoms with Gasteiger partial charge in [0.05, 0.1) is 19.6 Å². The van der Waals surface area contributed by atoms with Crippen molar-refractivity contribution in [2.75, 3.05) is 26.2 Å². The Hall–Kier alpha value is -2.84. The van der Waals surface area contributed by atoms with Gasteiger partial charge in [-0.2, -0.15) is 0 Å². The van der Waals surface area contributed by atoms with Crippen LogP contribution in [0.5, 0.6) is 5.75 Å². The van der Waals surface area contributed by atoms with E-state index in [0.29, 0.717) is 36.1 Å². The summed E-state index contributed by atoms with van der Waals surface area (Å²) >= 11 is 0. The summed E-state index contributed by atoms with van der Waals surface area (Å²) in [5, 5.41) is 19.3. The second-order valence-corrected chi connectivity index (χ2v) is 7.53. The van der Waals surface area contributed by atoms with E-state index in [9.17, 15) is 19.8 Å². The molecule has 2 aliphatic heterocycles. The standard InChI is InChI=1S/C20H21BN2O5/c24-18-8-4-2-5-15(18)11-22(12-19(25)26)9-10-23-13-16-6-1-3-7-17(16)21(23)28-20(27)14-23/h1-8H,9-14H2,(H-,24,25,26)/p+1. The molecule has 1 unspecified atom stereocenters. The van der Waals surface area contributed by atoms with Gasteiger partial charge in [-0.1, -0.05) is 42.5 Å². The molecule has 0 saturated carbocycles. The number of rotatable bonds is 7. The van der Waals surface area contributed by atoms with Crippen molar-refractivity contribution >= 4 is 24.5 Å². The van der Waals surface area contributed by atoms with Crippen LogP contribution in [0, 0.1) is 0 Å². The van der Waals surface area contributed by atoms with Crippen molar-refractivity contribution in [2.45, 2.75) is 13.1 Å². The number of carboxylic acid groups (broad SMARTS) is 1. The zero-order chi connectivity index (χ0) is 19.7. The molecule has 144 valence electrons. The van der Waals surface area contributed by atoms with E-state index in [-0.39, 0.29) is 31.9 Å². The molecule has 2 N–H and O–H groups in total. The summed E-state index contributed by atoms with van der Waals surface area (Å²) in [6.45, 7) is 2.24. The van der Waals surface area contributed by atoms with Crippen molar-refractivity contribution in [3.8, 4) is 5.75 Å². The van der Waals surface area contributed by atoms with Gasteiger partial charge in [-0.25, -0.2) is 4.79 Å². The van der Waals surface area contributed by atoms with E-state index >= 15 is 0 Å². The number of carboxylic acids is 1. The van der Waals surface area contributed by atoms with Crippen LogP contribution in [-0.2, 0) is 27.3 Å². The topological polar surface area (TPSA) is 87.1 Å². The third-order valence-electron chi connectivity index (χ3n) is 5.60. The highest BCUT2D eigenvalue weighted by molar-refractivity contribution is 6.64. The van der Waals surface area contributed by atoms with Gasteiger partial charge in [0, 0.05) is 29.7 Å². The lowest BCUT2D eigenvalue weighted by atomic mass is 9.72. The summed E-state index contributed by atoms with van der Waals surface area (Å²) in [6.07, 6.45) is 0. The Balaban J connectivity index is 1.52. The Bertz CT molecular complexity index is 921. The molecule has 0 aromatic heterocycles. The molecule has 28 heavy (non-hydrogen) atoms. The van der Waals surface area contributed by atoms with Gasteiger partial charge in [-0.15, -0.1) is 0 Å². The van der Waals surface area contributed by atoms with E-state index in [1.807, 2.05) is 24.3 Å². The summed E-state index contributed by atoms with van der Waals surface area (Å²) < 4.78 is 6.09. The lowest BCUT2D eigenvalue weighted by molar-refractivity contribution is -0.826. The molecule has 0 bridgehead atoms. The fourth-order valence-electron chi connectivity index (χ4n) is 4.28. The summed E-state index contributed by atoms with van der Waals surface area (Å²) in [6, 6.07) is 14.9. The van der Waals surface area contributed by atoms with Crippen LogP contribution in [0.25, 0.3) is 0 Å². The van der Waals surface area contributed by atoms with Gasteiger partial charge >= 0.3 is 19.0 Å². The van der Waals surface area contributed by atoms with Crippen LogP contribution in [0.4, 0.5) is 0 Å². The maximum absolute atomic E-state index is 12.1. The first kappa shape index (κ1) is 18.5. The smallest absolute Gasteiger partial charge is 0.508 e. The number of benzene rings is 2. The Morgan fingerprint density at radius 3 is 2.68 bits per heavy atom. The third kappa shape index (κ3) is 3.48. The second-order valence-electron chi connectivity index (χ2n) is 7.53. The number of nitrogens with zero attached hydrogens (tertiary/aromatic N) is 2. The first-order chi connectivity index (χ1) is 13.5. The number of phenolic OH excluding ortho intramolecular Hbond substituents is 1. The highest BCUT2D eigenvalue weighted by Crippen LogP contribution is 2.30. The van der Waals surface area contributed by atoms with Gasteiger partial charge in [0.15, 0.2) is 6.54 Å².